The molecule has 0 unspecified atom stereocenters. The van der Waals surface area contributed by atoms with Gasteiger partial charge in [-0.3, -0.25) is 4.79 Å². The van der Waals surface area contributed by atoms with E-state index in [1.807, 2.05) is 24.3 Å². The lowest BCUT2D eigenvalue weighted by atomic mass is 9.90. The van der Waals surface area contributed by atoms with E-state index in [4.69, 9.17) is 10.9 Å². The molecule has 1 heterocycles. The van der Waals surface area contributed by atoms with Gasteiger partial charge in [0.2, 0.25) is 5.91 Å². The van der Waals surface area contributed by atoms with Crippen LogP contribution in [0.4, 0.5) is 0 Å². The van der Waals surface area contributed by atoms with Crippen LogP contribution in [0.25, 0.3) is 0 Å². The Labute approximate surface area is 106 Å². The summed E-state index contributed by atoms with van der Waals surface area (Å²) in [6, 6.07) is 7.95. The van der Waals surface area contributed by atoms with E-state index in [0.717, 1.165) is 11.1 Å². The minimum absolute atomic E-state index is 0.0662. The molecule has 1 aliphatic rings. The third-order valence-electron chi connectivity index (χ3n) is 3.41. The van der Waals surface area contributed by atoms with Crippen molar-refractivity contribution in [2.24, 2.45) is 16.3 Å². The first kappa shape index (κ1) is 12.4. The van der Waals surface area contributed by atoms with Gasteiger partial charge in [0.05, 0.1) is 0 Å². The number of hydrogen-bond donors (Lipinski definition) is 2. The third kappa shape index (κ3) is 1.92. The predicted octanol–water partition coefficient (Wildman–Crippen LogP) is 1.30. The molecule has 18 heavy (non-hydrogen) atoms. The number of rotatable bonds is 2. The molecule has 3 N–H and O–H groups in total. The second kappa shape index (κ2) is 4.33. The minimum Gasteiger partial charge on any atom is -0.409 e. The molecule has 0 fully saturated rings. The van der Waals surface area contributed by atoms with E-state index in [1.54, 1.807) is 18.7 Å². The maximum absolute atomic E-state index is 12.4. The molecule has 0 spiro atoms. The van der Waals surface area contributed by atoms with Crippen molar-refractivity contribution < 1.29 is 10.0 Å². The first-order valence-corrected chi connectivity index (χ1v) is 5.81. The number of oxime groups is 1. The van der Waals surface area contributed by atoms with Crippen molar-refractivity contribution >= 4 is 11.7 Å². The van der Waals surface area contributed by atoms with E-state index in [0.29, 0.717) is 13.1 Å². The molecule has 5 heteroatoms. The number of carbonyl (C=O) groups excluding carboxylic acids is 1. The van der Waals surface area contributed by atoms with Gasteiger partial charge < -0.3 is 15.8 Å². The first-order chi connectivity index (χ1) is 8.46. The number of amides is 1. The van der Waals surface area contributed by atoms with Crippen LogP contribution in [0.2, 0.25) is 0 Å². The Balaban J connectivity index is 2.19. The third-order valence-corrected chi connectivity index (χ3v) is 3.41. The fourth-order valence-corrected chi connectivity index (χ4v) is 2.11. The number of fused-ring (bicyclic) bond motifs is 1. The maximum atomic E-state index is 12.4. The largest absolute Gasteiger partial charge is 0.409 e. The highest BCUT2D eigenvalue weighted by atomic mass is 16.4. The molecule has 1 aliphatic heterocycles. The monoisotopic (exact) mass is 247 g/mol. The van der Waals surface area contributed by atoms with Crippen molar-refractivity contribution in [3.05, 3.63) is 35.4 Å². The van der Waals surface area contributed by atoms with Gasteiger partial charge in [-0.15, -0.1) is 0 Å². The zero-order chi connectivity index (χ0) is 13.3. The summed E-state index contributed by atoms with van der Waals surface area (Å²) in [5, 5.41) is 11.7. The maximum Gasteiger partial charge on any atom is 0.236 e. The van der Waals surface area contributed by atoms with Crippen molar-refractivity contribution in [1.29, 1.82) is 0 Å². The minimum atomic E-state index is -0.989. The van der Waals surface area contributed by atoms with Gasteiger partial charge in [0.1, 0.15) is 5.41 Å². The van der Waals surface area contributed by atoms with E-state index >= 15 is 0 Å². The highest BCUT2D eigenvalue weighted by molar-refractivity contribution is 6.05. The molecule has 1 amide bonds. The average Bonchev–Trinajstić information content (AvgIpc) is 2.80. The highest BCUT2D eigenvalue weighted by Gasteiger charge is 2.38. The van der Waals surface area contributed by atoms with Crippen LogP contribution < -0.4 is 5.73 Å². The Morgan fingerprint density at radius 3 is 2.28 bits per heavy atom. The van der Waals surface area contributed by atoms with E-state index in [9.17, 15) is 4.79 Å². The zero-order valence-corrected chi connectivity index (χ0v) is 10.6. The molecular formula is C13H17N3O2. The van der Waals surface area contributed by atoms with Crippen molar-refractivity contribution in [2.75, 3.05) is 0 Å². The first-order valence-electron chi connectivity index (χ1n) is 5.81. The van der Waals surface area contributed by atoms with Crippen LogP contribution in [-0.2, 0) is 17.9 Å². The topological polar surface area (TPSA) is 78.9 Å². The summed E-state index contributed by atoms with van der Waals surface area (Å²) in [7, 11) is 0. The van der Waals surface area contributed by atoms with Crippen LogP contribution in [0.5, 0.6) is 0 Å². The number of nitrogens with zero attached hydrogens (tertiary/aromatic N) is 2. The SMILES string of the molecule is CC(C)(C(=O)N1Cc2ccccc2C1)C(N)=NO. The highest BCUT2D eigenvalue weighted by Crippen LogP contribution is 2.28. The number of nitrogens with two attached hydrogens (primary N) is 1. The molecule has 1 aromatic rings. The number of amidine groups is 1. The molecule has 0 bridgehead atoms. The quantitative estimate of drug-likeness (QED) is 0.358. The van der Waals surface area contributed by atoms with Crippen LogP contribution in [0, 0.1) is 5.41 Å². The standard InChI is InChI=1S/C13H17N3O2/c1-13(2,11(14)15-18)12(17)16-7-9-5-3-4-6-10(9)8-16/h3-6,18H,7-8H2,1-2H3,(H2,14,15). The average molecular weight is 247 g/mol. The van der Waals surface area contributed by atoms with Crippen LogP contribution >= 0.6 is 0 Å². The summed E-state index contributed by atoms with van der Waals surface area (Å²) in [6.45, 7) is 4.48. The molecule has 1 aromatic carbocycles. The smallest absolute Gasteiger partial charge is 0.236 e. The molecule has 0 saturated heterocycles. The predicted molar refractivity (Wildman–Crippen MR) is 67.9 cm³/mol. The lowest BCUT2D eigenvalue weighted by Crippen LogP contribution is -2.46. The van der Waals surface area contributed by atoms with Gasteiger partial charge in [-0.25, -0.2) is 0 Å². The van der Waals surface area contributed by atoms with Gasteiger partial charge in [-0.2, -0.15) is 0 Å². The lowest BCUT2D eigenvalue weighted by Gasteiger charge is -2.27. The van der Waals surface area contributed by atoms with Crippen LogP contribution in [0.3, 0.4) is 0 Å². The summed E-state index contributed by atoms with van der Waals surface area (Å²) in [5.41, 5.74) is 6.90. The Morgan fingerprint density at radius 1 is 1.33 bits per heavy atom. The summed E-state index contributed by atoms with van der Waals surface area (Å²) >= 11 is 0. The molecule has 2 rings (SSSR count). The second-order valence-electron chi connectivity index (χ2n) is 5.04. The van der Waals surface area contributed by atoms with Crippen molar-refractivity contribution in [3.63, 3.8) is 0 Å². The van der Waals surface area contributed by atoms with Crippen LogP contribution in [0.1, 0.15) is 25.0 Å². The number of carbonyl (C=O) groups is 1. The summed E-state index contributed by atoms with van der Waals surface area (Å²) in [4.78, 5) is 14.1. The molecule has 0 aliphatic carbocycles. The molecular weight excluding hydrogens is 230 g/mol. The Hall–Kier alpha value is -2.04. The van der Waals surface area contributed by atoms with Crippen molar-refractivity contribution in [3.8, 4) is 0 Å². The van der Waals surface area contributed by atoms with E-state index < -0.39 is 5.41 Å². The van der Waals surface area contributed by atoms with Gasteiger partial charge in [-0.1, -0.05) is 29.4 Å². The Kier molecular flexibility index (Phi) is 2.98. The molecule has 5 nitrogen and oxygen atoms in total. The van der Waals surface area contributed by atoms with E-state index in [1.165, 1.54) is 0 Å². The van der Waals surface area contributed by atoms with E-state index in [2.05, 4.69) is 5.16 Å². The van der Waals surface area contributed by atoms with Gasteiger partial charge in [0.25, 0.3) is 0 Å². The fourth-order valence-electron chi connectivity index (χ4n) is 2.11. The van der Waals surface area contributed by atoms with Crippen LogP contribution in [0.15, 0.2) is 29.4 Å². The molecule has 0 atom stereocenters. The number of hydrogen-bond acceptors (Lipinski definition) is 3. The Bertz CT molecular complexity index is 484. The Morgan fingerprint density at radius 2 is 1.83 bits per heavy atom. The van der Waals surface area contributed by atoms with Crippen molar-refractivity contribution in [2.45, 2.75) is 26.9 Å². The van der Waals surface area contributed by atoms with E-state index in [-0.39, 0.29) is 11.7 Å². The zero-order valence-electron chi connectivity index (χ0n) is 10.6. The number of benzene rings is 1. The summed E-state index contributed by atoms with van der Waals surface area (Å²) in [6.07, 6.45) is 0. The van der Waals surface area contributed by atoms with Crippen LogP contribution in [-0.4, -0.2) is 21.8 Å². The summed E-state index contributed by atoms with van der Waals surface area (Å²) in [5.74, 6) is -0.197. The normalized spacial score (nSPS) is 15.7. The van der Waals surface area contributed by atoms with Gasteiger partial charge in [0.15, 0.2) is 5.84 Å². The van der Waals surface area contributed by atoms with Crippen molar-refractivity contribution in [1.82, 2.24) is 4.90 Å². The lowest BCUT2D eigenvalue weighted by molar-refractivity contribution is -0.137. The molecule has 0 saturated carbocycles. The second-order valence-corrected chi connectivity index (χ2v) is 5.04. The molecule has 96 valence electrons. The van der Waals surface area contributed by atoms with Gasteiger partial charge >= 0.3 is 0 Å². The van der Waals surface area contributed by atoms with Gasteiger partial charge in [-0.05, 0) is 25.0 Å². The fraction of sp³-hybridized carbons (Fsp3) is 0.385. The van der Waals surface area contributed by atoms with Gasteiger partial charge in [0, 0.05) is 13.1 Å². The molecule has 0 aromatic heterocycles. The molecule has 0 radical (unpaired) electrons. The summed E-state index contributed by atoms with van der Waals surface area (Å²) < 4.78 is 0.